The molecule has 1 saturated heterocycles. The van der Waals surface area contributed by atoms with Crippen molar-refractivity contribution >= 4 is 29.0 Å². The lowest BCUT2D eigenvalue weighted by Crippen LogP contribution is -2.38. The molecule has 0 aromatic carbocycles. The van der Waals surface area contributed by atoms with E-state index in [9.17, 15) is 0 Å². The molecule has 0 saturated carbocycles. The Morgan fingerprint density at radius 2 is 1.96 bits per heavy atom. The Balaban J connectivity index is 1.74. The van der Waals surface area contributed by atoms with Gasteiger partial charge in [0, 0.05) is 36.7 Å². The highest BCUT2D eigenvalue weighted by molar-refractivity contribution is 7.98. The normalized spacial score (nSPS) is 15.5. The van der Waals surface area contributed by atoms with Crippen LogP contribution in [0.15, 0.2) is 10.5 Å². The van der Waals surface area contributed by atoms with Gasteiger partial charge in [-0.1, -0.05) is 39.5 Å². The predicted molar refractivity (Wildman–Crippen MR) is 104 cm³/mol. The monoisotopic (exact) mass is 381 g/mol. The molecule has 3 heterocycles. The van der Waals surface area contributed by atoms with Crippen molar-refractivity contribution < 1.29 is 4.74 Å². The van der Waals surface area contributed by atoms with Crippen molar-refractivity contribution in [1.29, 1.82) is 0 Å². The fraction of sp³-hybridized carbons (Fsp3) is 0.706. The van der Waals surface area contributed by atoms with E-state index < -0.39 is 0 Å². The summed E-state index contributed by atoms with van der Waals surface area (Å²) in [6.45, 7) is 13.0. The van der Waals surface area contributed by atoms with E-state index in [1.54, 1.807) is 23.1 Å². The summed E-state index contributed by atoms with van der Waals surface area (Å²) in [6.07, 6.45) is 0. The molecular formula is C17H27N5OS2. The fourth-order valence-electron chi connectivity index (χ4n) is 2.70. The lowest BCUT2D eigenvalue weighted by molar-refractivity contribution is 0.121. The lowest BCUT2D eigenvalue weighted by atomic mass is 10.2. The second kappa shape index (κ2) is 8.51. The molecule has 0 aliphatic carbocycles. The summed E-state index contributed by atoms with van der Waals surface area (Å²) < 4.78 is 7.72. The van der Waals surface area contributed by atoms with E-state index in [0.717, 1.165) is 55.4 Å². The molecule has 6 nitrogen and oxygen atoms in total. The topological polar surface area (TPSA) is 56.1 Å². The Morgan fingerprint density at radius 3 is 2.60 bits per heavy atom. The minimum Gasteiger partial charge on any atom is -0.378 e. The summed E-state index contributed by atoms with van der Waals surface area (Å²) in [4.78, 5) is 7.01. The van der Waals surface area contributed by atoms with Gasteiger partial charge < -0.3 is 9.64 Å². The summed E-state index contributed by atoms with van der Waals surface area (Å²) >= 11 is 3.47. The molecule has 0 atom stereocenters. The van der Waals surface area contributed by atoms with Crippen molar-refractivity contribution in [2.45, 2.75) is 51.1 Å². The summed E-state index contributed by atoms with van der Waals surface area (Å²) in [5, 5.41) is 13.3. The van der Waals surface area contributed by atoms with Crippen LogP contribution in [0.3, 0.4) is 0 Å². The second-order valence-corrected chi connectivity index (χ2v) is 8.84. The first-order valence-electron chi connectivity index (χ1n) is 8.87. The second-order valence-electron chi connectivity index (χ2n) is 7.01. The molecule has 0 amide bonds. The zero-order valence-corrected chi connectivity index (χ0v) is 17.1. The molecule has 0 bridgehead atoms. The maximum Gasteiger partial charge on any atom is 0.228 e. The largest absolute Gasteiger partial charge is 0.378 e. The molecule has 1 fully saturated rings. The molecule has 138 valence electrons. The summed E-state index contributed by atoms with van der Waals surface area (Å²) in [5.74, 6) is 2.84. The van der Waals surface area contributed by atoms with Crippen LogP contribution in [0.1, 0.15) is 44.3 Å². The quantitative estimate of drug-likeness (QED) is 0.683. The van der Waals surface area contributed by atoms with Gasteiger partial charge in [-0.15, -0.1) is 21.5 Å². The van der Waals surface area contributed by atoms with Gasteiger partial charge in [-0.2, -0.15) is 0 Å². The van der Waals surface area contributed by atoms with E-state index in [2.05, 4.69) is 52.7 Å². The molecule has 3 rings (SSSR count). The van der Waals surface area contributed by atoms with E-state index in [4.69, 9.17) is 9.72 Å². The van der Waals surface area contributed by atoms with Gasteiger partial charge in [0.1, 0.15) is 0 Å². The third kappa shape index (κ3) is 4.74. The molecule has 0 radical (unpaired) electrons. The minimum atomic E-state index is 0.487. The van der Waals surface area contributed by atoms with E-state index >= 15 is 0 Å². The number of nitrogens with zero attached hydrogens (tertiary/aromatic N) is 5. The maximum absolute atomic E-state index is 5.46. The van der Waals surface area contributed by atoms with Crippen LogP contribution in [-0.2, 0) is 17.0 Å². The standard InChI is InChI=1S/C17H27N5OS2/c1-12(2)9-22-16(21-5-7-23-8-6-21)19-20-17(22)25-11-14-10-24-15(18-14)13(3)4/h10,12-13H,5-9,11H2,1-4H3. The smallest absolute Gasteiger partial charge is 0.228 e. The SMILES string of the molecule is CC(C)Cn1c(SCc2csc(C(C)C)n2)nnc1N1CCOCC1. The Labute approximate surface area is 158 Å². The van der Waals surface area contributed by atoms with E-state index in [0.29, 0.717) is 11.8 Å². The zero-order valence-electron chi connectivity index (χ0n) is 15.4. The zero-order chi connectivity index (χ0) is 17.8. The minimum absolute atomic E-state index is 0.487. The van der Waals surface area contributed by atoms with Crippen LogP contribution < -0.4 is 4.90 Å². The highest BCUT2D eigenvalue weighted by atomic mass is 32.2. The molecule has 1 aliphatic rings. The van der Waals surface area contributed by atoms with Crippen molar-refractivity contribution in [2.24, 2.45) is 5.92 Å². The van der Waals surface area contributed by atoms with E-state index in [1.807, 2.05) is 0 Å². The Morgan fingerprint density at radius 1 is 1.20 bits per heavy atom. The average molecular weight is 382 g/mol. The van der Waals surface area contributed by atoms with Gasteiger partial charge >= 0.3 is 0 Å². The van der Waals surface area contributed by atoms with E-state index in [1.165, 1.54) is 5.01 Å². The molecule has 0 N–H and O–H groups in total. The highest BCUT2D eigenvalue weighted by Crippen LogP contribution is 2.28. The van der Waals surface area contributed by atoms with Gasteiger partial charge in [0.2, 0.25) is 5.95 Å². The number of thiazole rings is 1. The molecular weight excluding hydrogens is 354 g/mol. The van der Waals surface area contributed by atoms with Crippen LogP contribution in [-0.4, -0.2) is 46.1 Å². The number of hydrogen-bond donors (Lipinski definition) is 0. The third-order valence-corrected chi connectivity index (χ3v) is 6.15. The average Bonchev–Trinajstić information content (AvgIpc) is 3.20. The summed E-state index contributed by atoms with van der Waals surface area (Å²) in [6, 6.07) is 0. The third-order valence-electron chi connectivity index (χ3n) is 3.95. The van der Waals surface area contributed by atoms with Gasteiger partial charge in [0.05, 0.1) is 23.9 Å². The van der Waals surface area contributed by atoms with Crippen LogP contribution in [0.25, 0.3) is 0 Å². The molecule has 8 heteroatoms. The van der Waals surface area contributed by atoms with Gasteiger partial charge in [-0.05, 0) is 5.92 Å². The summed E-state index contributed by atoms with van der Waals surface area (Å²) in [7, 11) is 0. The Kier molecular flexibility index (Phi) is 6.35. The van der Waals surface area contributed by atoms with Crippen molar-refractivity contribution in [2.75, 3.05) is 31.2 Å². The van der Waals surface area contributed by atoms with Crippen LogP contribution in [0.2, 0.25) is 0 Å². The Bertz CT molecular complexity index is 676. The molecule has 25 heavy (non-hydrogen) atoms. The number of hydrogen-bond acceptors (Lipinski definition) is 7. The van der Waals surface area contributed by atoms with Crippen molar-refractivity contribution in [3.05, 3.63) is 16.1 Å². The van der Waals surface area contributed by atoms with Gasteiger partial charge in [-0.25, -0.2) is 4.98 Å². The molecule has 2 aromatic heterocycles. The number of rotatable bonds is 7. The first-order chi connectivity index (χ1) is 12.0. The molecule has 0 spiro atoms. The molecule has 0 unspecified atom stereocenters. The van der Waals surface area contributed by atoms with Gasteiger partial charge in [-0.3, -0.25) is 4.57 Å². The summed E-state index contributed by atoms with van der Waals surface area (Å²) in [5.41, 5.74) is 1.13. The molecule has 1 aliphatic heterocycles. The number of morpholine rings is 1. The molecule has 2 aromatic rings. The van der Waals surface area contributed by atoms with Crippen molar-refractivity contribution in [3.8, 4) is 0 Å². The fourth-order valence-corrected chi connectivity index (χ4v) is 4.48. The highest BCUT2D eigenvalue weighted by Gasteiger charge is 2.21. The first kappa shape index (κ1) is 18.7. The number of anilines is 1. The Hall–Kier alpha value is -1.12. The van der Waals surface area contributed by atoms with Crippen molar-refractivity contribution in [3.63, 3.8) is 0 Å². The van der Waals surface area contributed by atoms with E-state index in [-0.39, 0.29) is 0 Å². The number of aromatic nitrogens is 4. The maximum atomic E-state index is 5.46. The number of thioether (sulfide) groups is 1. The number of ether oxygens (including phenoxy) is 1. The van der Waals surface area contributed by atoms with Crippen molar-refractivity contribution in [1.82, 2.24) is 19.7 Å². The van der Waals surface area contributed by atoms with Crippen LogP contribution in [0.4, 0.5) is 5.95 Å². The van der Waals surface area contributed by atoms with Crippen LogP contribution >= 0.6 is 23.1 Å². The van der Waals surface area contributed by atoms with Crippen LogP contribution in [0, 0.1) is 5.92 Å². The predicted octanol–water partition coefficient (Wildman–Crippen LogP) is 3.64. The van der Waals surface area contributed by atoms with Gasteiger partial charge in [0.25, 0.3) is 0 Å². The lowest BCUT2D eigenvalue weighted by Gasteiger charge is -2.28. The first-order valence-corrected chi connectivity index (χ1v) is 10.7. The van der Waals surface area contributed by atoms with Gasteiger partial charge in [0.15, 0.2) is 5.16 Å². The van der Waals surface area contributed by atoms with Crippen LogP contribution in [0.5, 0.6) is 0 Å².